The van der Waals surface area contributed by atoms with Crippen LogP contribution in [0.15, 0.2) is 24.3 Å². The Hall–Kier alpha value is -1.53. The molecule has 0 bridgehead atoms. The largest absolute Gasteiger partial charge is 0.394 e. The summed E-state index contributed by atoms with van der Waals surface area (Å²) in [7, 11) is 0. The molecule has 418 valence electrons. The molecule has 71 heavy (non-hydrogen) atoms. The van der Waals surface area contributed by atoms with Crippen molar-refractivity contribution in [3.63, 3.8) is 0 Å². The molecule has 2 aliphatic rings. The fraction of sp³-hybridized carbons (Fsp3) is 0.912. The molecule has 0 saturated carbocycles. The molecule has 2 aliphatic heterocycles. The van der Waals surface area contributed by atoms with Crippen molar-refractivity contribution in [2.45, 2.75) is 312 Å². The molecule has 1 amide bonds. The van der Waals surface area contributed by atoms with Crippen molar-refractivity contribution in [1.29, 1.82) is 0 Å². The van der Waals surface area contributed by atoms with Crippen molar-refractivity contribution in [3.8, 4) is 0 Å². The normalized spacial score (nSPS) is 25.9. The molecule has 0 aromatic rings. The van der Waals surface area contributed by atoms with Gasteiger partial charge in [0, 0.05) is 6.42 Å². The fourth-order valence-corrected chi connectivity index (χ4v) is 9.64. The zero-order chi connectivity index (χ0) is 51.7. The van der Waals surface area contributed by atoms with Crippen LogP contribution in [-0.2, 0) is 23.7 Å². The SMILES string of the molecule is CCCCCCCC/C=C\CCCCCCCCCCCC(=O)NC(COC1OC(CO)C(OC2OC(CO)C(O)C(O)C2O)C(O)C1O)C(O)/C=C/CCCCCCCCCCCCCCCCCC. The molecule has 2 fully saturated rings. The van der Waals surface area contributed by atoms with E-state index in [2.05, 4.69) is 31.3 Å². The maximum absolute atomic E-state index is 13.2. The van der Waals surface area contributed by atoms with Crippen LogP contribution in [0.5, 0.6) is 0 Å². The van der Waals surface area contributed by atoms with Gasteiger partial charge in [-0.1, -0.05) is 212 Å². The van der Waals surface area contributed by atoms with Gasteiger partial charge >= 0.3 is 0 Å². The highest BCUT2D eigenvalue weighted by atomic mass is 16.7. The van der Waals surface area contributed by atoms with E-state index in [0.29, 0.717) is 6.42 Å². The van der Waals surface area contributed by atoms with Crippen LogP contribution in [0.2, 0.25) is 0 Å². The van der Waals surface area contributed by atoms with Crippen molar-refractivity contribution in [2.75, 3.05) is 19.8 Å². The Bertz CT molecular complexity index is 1290. The Balaban J connectivity index is 1.79. The first kappa shape index (κ1) is 65.6. The third kappa shape index (κ3) is 30.0. The molecular weight excluding hydrogens is 907 g/mol. The molecule has 0 spiro atoms. The summed E-state index contributed by atoms with van der Waals surface area (Å²) >= 11 is 0. The number of carbonyl (C=O) groups excluding carboxylic acids is 1. The van der Waals surface area contributed by atoms with Gasteiger partial charge in [-0.2, -0.15) is 0 Å². The average molecular weight is 1010 g/mol. The summed E-state index contributed by atoms with van der Waals surface area (Å²) in [6, 6.07) is -0.913. The van der Waals surface area contributed by atoms with E-state index in [1.165, 1.54) is 173 Å². The summed E-state index contributed by atoms with van der Waals surface area (Å²) in [6.45, 7) is 2.81. The van der Waals surface area contributed by atoms with Crippen molar-refractivity contribution in [1.82, 2.24) is 5.32 Å². The minimum absolute atomic E-state index is 0.240. The van der Waals surface area contributed by atoms with Gasteiger partial charge in [-0.3, -0.25) is 4.79 Å². The molecule has 2 rings (SSSR count). The van der Waals surface area contributed by atoms with Crippen LogP contribution in [0.1, 0.15) is 239 Å². The van der Waals surface area contributed by atoms with Crippen LogP contribution in [0, 0.1) is 0 Å². The number of ether oxygens (including phenoxy) is 4. The fourth-order valence-electron chi connectivity index (χ4n) is 9.64. The van der Waals surface area contributed by atoms with Gasteiger partial charge in [-0.15, -0.1) is 0 Å². The van der Waals surface area contributed by atoms with Gasteiger partial charge in [0.1, 0.15) is 48.8 Å². The van der Waals surface area contributed by atoms with Crippen LogP contribution in [0.3, 0.4) is 0 Å². The molecule has 0 radical (unpaired) electrons. The topological polar surface area (TPSA) is 228 Å². The number of hydrogen-bond donors (Lipinski definition) is 9. The highest BCUT2D eigenvalue weighted by Gasteiger charge is 2.51. The average Bonchev–Trinajstić information content (AvgIpc) is 3.37. The zero-order valence-corrected chi connectivity index (χ0v) is 44.7. The summed E-state index contributed by atoms with van der Waals surface area (Å²) < 4.78 is 22.8. The zero-order valence-electron chi connectivity index (χ0n) is 44.7. The molecule has 0 aromatic carbocycles. The lowest BCUT2D eigenvalue weighted by Crippen LogP contribution is -2.65. The second-order valence-corrected chi connectivity index (χ2v) is 20.8. The van der Waals surface area contributed by atoms with E-state index in [9.17, 15) is 45.6 Å². The molecule has 2 heterocycles. The number of allylic oxidation sites excluding steroid dienone is 3. The second kappa shape index (κ2) is 43.7. The van der Waals surface area contributed by atoms with E-state index in [4.69, 9.17) is 18.9 Å². The molecule has 0 aliphatic carbocycles. The quantitative estimate of drug-likeness (QED) is 0.0205. The molecule has 14 heteroatoms. The van der Waals surface area contributed by atoms with E-state index < -0.39 is 86.8 Å². The monoisotopic (exact) mass is 1010 g/mol. The van der Waals surface area contributed by atoms with E-state index >= 15 is 0 Å². The highest BCUT2D eigenvalue weighted by molar-refractivity contribution is 5.76. The predicted molar refractivity (Wildman–Crippen MR) is 282 cm³/mol. The van der Waals surface area contributed by atoms with Gasteiger partial charge < -0.3 is 65.1 Å². The van der Waals surface area contributed by atoms with Gasteiger partial charge in [0.15, 0.2) is 12.6 Å². The lowest BCUT2D eigenvalue weighted by molar-refractivity contribution is -0.359. The van der Waals surface area contributed by atoms with Gasteiger partial charge in [0.25, 0.3) is 0 Å². The number of aliphatic hydroxyl groups is 8. The highest BCUT2D eigenvalue weighted by Crippen LogP contribution is 2.30. The van der Waals surface area contributed by atoms with Gasteiger partial charge in [0.2, 0.25) is 5.91 Å². The maximum atomic E-state index is 13.2. The Morgan fingerprint density at radius 1 is 0.493 bits per heavy atom. The summed E-state index contributed by atoms with van der Waals surface area (Å²) in [5.41, 5.74) is 0. The first-order valence-corrected chi connectivity index (χ1v) is 29.1. The van der Waals surface area contributed by atoms with Gasteiger partial charge in [0.05, 0.1) is 32.0 Å². The molecular formula is C57H107NO13. The van der Waals surface area contributed by atoms with Crippen molar-refractivity contribution >= 4 is 5.91 Å². The molecule has 12 atom stereocenters. The molecule has 12 unspecified atom stereocenters. The van der Waals surface area contributed by atoms with Crippen LogP contribution >= 0.6 is 0 Å². The Kier molecular flexibility index (Phi) is 40.4. The van der Waals surface area contributed by atoms with E-state index in [0.717, 1.165) is 38.5 Å². The second-order valence-electron chi connectivity index (χ2n) is 20.8. The summed E-state index contributed by atoms with van der Waals surface area (Å²) in [5.74, 6) is -0.240. The molecule has 2 saturated heterocycles. The Morgan fingerprint density at radius 3 is 1.34 bits per heavy atom. The number of carbonyl (C=O) groups is 1. The number of aliphatic hydroxyl groups excluding tert-OH is 8. The third-order valence-corrected chi connectivity index (χ3v) is 14.4. The van der Waals surface area contributed by atoms with E-state index in [1.54, 1.807) is 6.08 Å². The predicted octanol–water partition coefficient (Wildman–Crippen LogP) is 9.28. The van der Waals surface area contributed by atoms with Gasteiger partial charge in [-0.25, -0.2) is 0 Å². The first-order chi connectivity index (χ1) is 34.6. The summed E-state index contributed by atoms with van der Waals surface area (Å²) in [4.78, 5) is 13.2. The third-order valence-electron chi connectivity index (χ3n) is 14.4. The lowest BCUT2D eigenvalue weighted by Gasteiger charge is -2.46. The van der Waals surface area contributed by atoms with Crippen LogP contribution in [0.25, 0.3) is 0 Å². The standard InChI is InChI=1S/C57H107NO13/c1-3-5-7-9-11-13-15-17-19-21-23-25-27-29-31-33-35-37-39-41-49(62)58-45(46(61)40-38-36-34-32-30-28-26-24-22-20-18-16-14-12-10-8-6-4-2)44-68-56-54(67)52(65)55(48(43-60)70-56)71-57-53(66)51(64)50(63)47(42-59)69-57/h17,19,38,40,45-48,50-57,59-61,63-67H,3-16,18,20-37,39,41-44H2,1-2H3,(H,58,62)/b19-17-,40-38+. The number of amides is 1. The number of hydrogen-bond acceptors (Lipinski definition) is 13. The molecule has 9 N–H and O–H groups in total. The maximum Gasteiger partial charge on any atom is 0.220 e. The number of rotatable bonds is 46. The van der Waals surface area contributed by atoms with Crippen molar-refractivity contribution < 1.29 is 64.6 Å². The van der Waals surface area contributed by atoms with E-state index in [1.807, 2.05) is 6.08 Å². The van der Waals surface area contributed by atoms with E-state index in [-0.39, 0.29) is 18.9 Å². The Morgan fingerprint density at radius 2 is 0.887 bits per heavy atom. The van der Waals surface area contributed by atoms with Crippen molar-refractivity contribution in [3.05, 3.63) is 24.3 Å². The van der Waals surface area contributed by atoms with Gasteiger partial charge in [-0.05, 0) is 44.9 Å². The number of nitrogens with one attached hydrogen (secondary N) is 1. The van der Waals surface area contributed by atoms with Crippen LogP contribution in [-0.4, -0.2) is 140 Å². The first-order valence-electron chi connectivity index (χ1n) is 29.1. The minimum Gasteiger partial charge on any atom is -0.394 e. The molecule has 0 aromatic heterocycles. The smallest absolute Gasteiger partial charge is 0.220 e. The number of unbranched alkanes of at least 4 members (excludes halogenated alkanes) is 31. The van der Waals surface area contributed by atoms with Crippen LogP contribution < -0.4 is 5.32 Å². The molecule has 14 nitrogen and oxygen atoms in total. The minimum atomic E-state index is -1.79. The summed E-state index contributed by atoms with van der Waals surface area (Å²) in [6.07, 6.45) is 33.5. The summed E-state index contributed by atoms with van der Waals surface area (Å²) in [5, 5.41) is 87.0. The lowest BCUT2D eigenvalue weighted by atomic mass is 9.97. The van der Waals surface area contributed by atoms with Crippen LogP contribution in [0.4, 0.5) is 0 Å². The van der Waals surface area contributed by atoms with Crippen molar-refractivity contribution in [2.24, 2.45) is 0 Å². The Labute approximate surface area is 430 Å².